The maximum absolute atomic E-state index is 11.2. The van der Waals surface area contributed by atoms with Crippen molar-refractivity contribution < 1.29 is 4.21 Å². The van der Waals surface area contributed by atoms with Gasteiger partial charge >= 0.3 is 0 Å². The average Bonchev–Trinajstić information content (AvgIpc) is 2.30. The van der Waals surface area contributed by atoms with Crippen LogP contribution in [0.25, 0.3) is 0 Å². The first-order valence-corrected chi connectivity index (χ1v) is 6.39. The summed E-state index contributed by atoms with van der Waals surface area (Å²) in [5, 5.41) is 2.91. The number of nitrogens with zero attached hydrogens (tertiary/aromatic N) is 3. The van der Waals surface area contributed by atoms with Gasteiger partial charge in [-0.3, -0.25) is 4.21 Å². The lowest BCUT2D eigenvalue weighted by molar-refractivity contribution is 0.672. The number of hydrogen-bond donors (Lipinski definition) is 1. The van der Waals surface area contributed by atoms with E-state index in [0.717, 1.165) is 30.4 Å². The highest BCUT2D eigenvalue weighted by molar-refractivity contribution is 7.85. The number of anilines is 2. The zero-order valence-corrected chi connectivity index (χ0v) is 9.46. The Morgan fingerprint density at radius 2 is 2.20 bits per heavy atom. The van der Waals surface area contributed by atoms with E-state index in [0.29, 0.717) is 5.95 Å². The molecule has 0 bridgehead atoms. The Hall–Kier alpha value is -1.17. The maximum atomic E-state index is 11.2. The predicted molar refractivity (Wildman–Crippen MR) is 61.7 cm³/mol. The summed E-state index contributed by atoms with van der Waals surface area (Å²) in [4.78, 5) is 10.5. The molecule has 0 atom stereocenters. The zero-order valence-electron chi connectivity index (χ0n) is 8.64. The van der Waals surface area contributed by atoms with Crippen molar-refractivity contribution >= 4 is 22.6 Å². The van der Waals surface area contributed by atoms with Crippen LogP contribution >= 0.6 is 0 Å². The van der Waals surface area contributed by atoms with Crippen molar-refractivity contribution in [1.82, 2.24) is 9.97 Å². The highest BCUT2D eigenvalue weighted by atomic mass is 32.2. The lowest BCUT2D eigenvalue weighted by Crippen LogP contribution is -2.38. The molecule has 1 aliphatic heterocycles. The SMILES string of the molecule is CNc1nccc(N2CCS(=O)CC2)n1. The van der Waals surface area contributed by atoms with E-state index >= 15 is 0 Å². The third-order valence-electron chi connectivity index (χ3n) is 2.37. The minimum Gasteiger partial charge on any atom is -0.357 e. The molecule has 0 radical (unpaired) electrons. The molecule has 6 heteroatoms. The second kappa shape index (κ2) is 4.57. The van der Waals surface area contributed by atoms with Crippen LogP contribution in [0, 0.1) is 0 Å². The molecule has 1 N–H and O–H groups in total. The topological polar surface area (TPSA) is 58.1 Å². The van der Waals surface area contributed by atoms with Gasteiger partial charge in [0.1, 0.15) is 5.82 Å². The number of aromatic nitrogens is 2. The lowest BCUT2D eigenvalue weighted by Gasteiger charge is -2.27. The van der Waals surface area contributed by atoms with E-state index in [9.17, 15) is 4.21 Å². The fourth-order valence-electron chi connectivity index (χ4n) is 1.51. The molecule has 1 aromatic heterocycles. The first-order chi connectivity index (χ1) is 7.29. The van der Waals surface area contributed by atoms with Gasteiger partial charge in [0.05, 0.1) is 0 Å². The summed E-state index contributed by atoms with van der Waals surface area (Å²) in [6.07, 6.45) is 1.74. The molecule has 0 saturated carbocycles. The Kier molecular flexibility index (Phi) is 3.15. The summed E-state index contributed by atoms with van der Waals surface area (Å²) < 4.78 is 11.2. The minimum atomic E-state index is -0.643. The van der Waals surface area contributed by atoms with Crippen molar-refractivity contribution in [3.05, 3.63) is 12.3 Å². The Morgan fingerprint density at radius 3 is 2.87 bits per heavy atom. The van der Waals surface area contributed by atoms with E-state index in [2.05, 4.69) is 20.2 Å². The van der Waals surface area contributed by atoms with E-state index in [1.54, 1.807) is 13.2 Å². The zero-order chi connectivity index (χ0) is 10.7. The van der Waals surface area contributed by atoms with Gasteiger partial charge in [0.25, 0.3) is 0 Å². The van der Waals surface area contributed by atoms with Gasteiger partial charge < -0.3 is 10.2 Å². The summed E-state index contributed by atoms with van der Waals surface area (Å²) >= 11 is 0. The van der Waals surface area contributed by atoms with Gasteiger partial charge in [-0.05, 0) is 6.07 Å². The largest absolute Gasteiger partial charge is 0.357 e. The third-order valence-corrected chi connectivity index (χ3v) is 3.64. The smallest absolute Gasteiger partial charge is 0.224 e. The monoisotopic (exact) mass is 226 g/mol. The summed E-state index contributed by atoms with van der Waals surface area (Å²) in [5.74, 6) is 3.00. The first-order valence-electron chi connectivity index (χ1n) is 4.90. The first kappa shape index (κ1) is 10.4. The van der Waals surface area contributed by atoms with E-state index in [-0.39, 0.29) is 0 Å². The van der Waals surface area contributed by atoms with Gasteiger partial charge in [-0.25, -0.2) is 4.98 Å². The van der Waals surface area contributed by atoms with Crippen molar-refractivity contribution in [2.24, 2.45) is 0 Å². The van der Waals surface area contributed by atoms with E-state index in [1.807, 2.05) is 6.07 Å². The van der Waals surface area contributed by atoms with Crippen LogP contribution in [0.4, 0.5) is 11.8 Å². The van der Waals surface area contributed by atoms with Gasteiger partial charge in [-0.1, -0.05) is 0 Å². The standard InChI is InChI=1S/C9H14N4OS/c1-10-9-11-3-2-8(12-9)13-4-6-15(14)7-5-13/h2-3H,4-7H2,1H3,(H,10,11,12). The molecule has 0 aliphatic carbocycles. The van der Waals surface area contributed by atoms with Crippen molar-refractivity contribution in [1.29, 1.82) is 0 Å². The predicted octanol–water partition coefficient (Wildman–Crippen LogP) is 0.0870. The van der Waals surface area contributed by atoms with Crippen molar-refractivity contribution in [2.45, 2.75) is 0 Å². The van der Waals surface area contributed by atoms with Gasteiger partial charge in [0.15, 0.2) is 0 Å². The van der Waals surface area contributed by atoms with Gasteiger partial charge in [0.2, 0.25) is 5.95 Å². The van der Waals surface area contributed by atoms with Gasteiger partial charge in [0, 0.05) is 48.6 Å². The molecule has 2 heterocycles. The molecule has 5 nitrogen and oxygen atoms in total. The Bertz CT molecular complexity index is 361. The number of hydrogen-bond acceptors (Lipinski definition) is 5. The maximum Gasteiger partial charge on any atom is 0.224 e. The summed E-state index contributed by atoms with van der Waals surface area (Å²) in [7, 11) is 1.15. The molecule has 82 valence electrons. The van der Waals surface area contributed by atoms with Crippen LogP contribution < -0.4 is 10.2 Å². The quantitative estimate of drug-likeness (QED) is 0.774. The fourth-order valence-corrected chi connectivity index (χ4v) is 2.56. The highest BCUT2D eigenvalue weighted by Crippen LogP contribution is 2.13. The Labute approximate surface area is 91.4 Å². The van der Waals surface area contributed by atoms with E-state index in [4.69, 9.17) is 0 Å². The minimum absolute atomic E-state index is 0.624. The fraction of sp³-hybridized carbons (Fsp3) is 0.556. The molecular formula is C9H14N4OS. The van der Waals surface area contributed by atoms with Crippen molar-refractivity contribution in [3.63, 3.8) is 0 Å². The lowest BCUT2D eigenvalue weighted by atomic mass is 10.4. The van der Waals surface area contributed by atoms with Crippen LogP contribution in [0.15, 0.2) is 12.3 Å². The molecule has 0 amide bonds. The Balaban J connectivity index is 2.11. The van der Waals surface area contributed by atoms with E-state index in [1.165, 1.54) is 0 Å². The molecule has 0 unspecified atom stereocenters. The summed E-state index contributed by atoms with van der Waals surface area (Å²) in [6, 6.07) is 1.88. The van der Waals surface area contributed by atoms with Crippen molar-refractivity contribution in [2.75, 3.05) is 41.9 Å². The molecule has 0 spiro atoms. The van der Waals surface area contributed by atoms with Crippen LogP contribution in [-0.2, 0) is 10.8 Å². The molecule has 0 aromatic carbocycles. The highest BCUT2D eigenvalue weighted by Gasteiger charge is 2.16. The van der Waals surface area contributed by atoms with Crippen LogP contribution in [0.1, 0.15) is 0 Å². The second-order valence-electron chi connectivity index (χ2n) is 3.32. The van der Waals surface area contributed by atoms with Gasteiger partial charge in [-0.15, -0.1) is 0 Å². The molecule has 1 aromatic rings. The average molecular weight is 226 g/mol. The normalized spacial score (nSPS) is 17.8. The molecule has 15 heavy (non-hydrogen) atoms. The Morgan fingerprint density at radius 1 is 1.47 bits per heavy atom. The third kappa shape index (κ3) is 2.44. The molecule has 1 fully saturated rings. The van der Waals surface area contributed by atoms with Crippen LogP contribution in [0.5, 0.6) is 0 Å². The van der Waals surface area contributed by atoms with Crippen LogP contribution in [0.3, 0.4) is 0 Å². The summed E-state index contributed by atoms with van der Waals surface area (Å²) in [6.45, 7) is 1.62. The number of rotatable bonds is 2. The van der Waals surface area contributed by atoms with Crippen LogP contribution in [-0.4, -0.2) is 45.8 Å². The molecule has 1 aliphatic rings. The number of nitrogens with one attached hydrogen (secondary N) is 1. The summed E-state index contributed by atoms with van der Waals surface area (Å²) in [5.41, 5.74) is 0. The second-order valence-corrected chi connectivity index (χ2v) is 5.02. The van der Waals surface area contributed by atoms with Crippen LogP contribution in [0.2, 0.25) is 0 Å². The van der Waals surface area contributed by atoms with Gasteiger partial charge in [-0.2, -0.15) is 4.98 Å². The molecular weight excluding hydrogens is 212 g/mol. The van der Waals surface area contributed by atoms with Crippen molar-refractivity contribution in [3.8, 4) is 0 Å². The molecule has 1 saturated heterocycles. The molecule has 2 rings (SSSR count). The van der Waals surface area contributed by atoms with E-state index < -0.39 is 10.8 Å².